The summed E-state index contributed by atoms with van der Waals surface area (Å²) in [5, 5.41) is 1.46. The minimum atomic E-state index is -3.62. The number of benzene rings is 2. The third-order valence-corrected chi connectivity index (χ3v) is 5.79. The van der Waals surface area contributed by atoms with E-state index in [-0.39, 0.29) is 5.75 Å². The first-order valence-corrected chi connectivity index (χ1v) is 9.26. The SMILES string of the molecule is COc1ccccc1NC(=O)[C@@H](C)S(=O)(=O)Cc1ccc(C)cc1. The van der Waals surface area contributed by atoms with Crippen LogP contribution in [0.4, 0.5) is 5.69 Å². The zero-order chi connectivity index (χ0) is 17.7. The van der Waals surface area contributed by atoms with Crippen molar-refractivity contribution in [3.05, 3.63) is 59.7 Å². The molecule has 6 heteroatoms. The number of para-hydroxylation sites is 2. The van der Waals surface area contributed by atoms with Crippen molar-refractivity contribution in [1.82, 2.24) is 0 Å². The van der Waals surface area contributed by atoms with E-state index < -0.39 is 21.0 Å². The number of methoxy groups -OCH3 is 1. The van der Waals surface area contributed by atoms with Crippen LogP contribution in [0.5, 0.6) is 5.75 Å². The normalized spacial score (nSPS) is 12.5. The lowest BCUT2D eigenvalue weighted by molar-refractivity contribution is -0.115. The Bertz CT molecular complexity index is 813. The van der Waals surface area contributed by atoms with E-state index in [4.69, 9.17) is 4.74 Å². The maximum Gasteiger partial charge on any atom is 0.242 e. The van der Waals surface area contributed by atoms with Crippen molar-refractivity contribution in [1.29, 1.82) is 0 Å². The van der Waals surface area contributed by atoms with Crippen LogP contribution < -0.4 is 10.1 Å². The van der Waals surface area contributed by atoms with Crippen LogP contribution in [0, 0.1) is 6.92 Å². The predicted molar refractivity (Wildman–Crippen MR) is 94.9 cm³/mol. The summed E-state index contributed by atoms with van der Waals surface area (Å²) in [6.07, 6.45) is 0. The van der Waals surface area contributed by atoms with Crippen molar-refractivity contribution in [3.63, 3.8) is 0 Å². The Morgan fingerprint density at radius 3 is 2.38 bits per heavy atom. The lowest BCUT2D eigenvalue weighted by atomic mass is 10.2. The first kappa shape index (κ1) is 18.0. The average molecular weight is 347 g/mol. The molecule has 0 spiro atoms. The number of amides is 1. The van der Waals surface area contributed by atoms with Crippen LogP contribution in [0.15, 0.2) is 48.5 Å². The van der Waals surface area contributed by atoms with Crippen molar-refractivity contribution in [2.75, 3.05) is 12.4 Å². The molecular weight excluding hydrogens is 326 g/mol. The number of carbonyl (C=O) groups excluding carboxylic acids is 1. The molecule has 0 aromatic heterocycles. The van der Waals surface area contributed by atoms with E-state index in [1.54, 1.807) is 36.4 Å². The fourth-order valence-electron chi connectivity index (χ4n) is 2.19. The second kappa shape index (κ2) is 7.49. The summed E-state index contributed by atoms with van der Waals surface area (Å²) < 4.78 is 30.1. The van der Waals surface area contributed by atoms with Crippen LogP contribution in [-0.4, -0.2) is 26.7 Å². The largest absolute Gasteiger partial charge is 0.495 e. The Labute approximate surface area is 142 Å². The quantitative estimate of drug-likeness (QED) is 0.872. The number of carbonyl (C=O) groups is 1. The van der Waals surface area contributed by atoms with Gasteiger partial charge in [0.05, 0.1) is 18.6 Å². The van der Waals surface area contributed by atoms with Gasteiger partial charge in [-0.15, -0.1) is 0 Å². The Morgan fingerprint density at radius 2 is 1.75 bits per heavy atom. The Hall–Kier alpha value is -2.34. The van der Waals surface area contributed by atoms with Gasteiger partial charge in [0.2, 0.25) is 5.91 Å². The molecule has 2 aromatic carbocycles. The minimum Gasteiger partial charge on any atom is -0.495 e. The van der Waals surface area contributed by atoms with Gasteiger partial charge in [0.25, 0.3) is 0 Å². The molecule has 0 heterocycles. The summed E-state index contributed by atoms with van der Waals surface area (Å²) in [6, 6.07) is 14.1. The van der Waals surface area contributed by atoms with Crippen LogP contribution in [0.2, 0.25) is 0 Å². The topological polar surface area (TPSA) is 72.5 Å². The van der Waals surface area contributed by atoms with E-state index >= 15 is 0 Å². The van der Waals surface area contributed by atoms with Crippen molar-refractivity contribution in [2.45, 2.75) is 24.9 Å². The van der Waals surface area contributed by atoms with Gasteiger partial charge in [0.1, 0.15) is 11.0 Å². The molecule has 0 saturated carbocycles. The monoisotopic (exact) mass is 347 g/mol. The Balaban J connectivity index is 2.12. The van der Waals surface area contributed by atoms with Gasteiger partial charge < -0.3 is 10.1 Å². The maximum absolute atomic E-state index is 12.5. The van der Waals surface area contributed by atoms with E-state index in [9.17, 15) is 13.2 Å². The smallest absolute Gasteiger partial charge is 0.242 e. The highest BCUT2D eigenvalue weighted by molar-refractivity contribution is 7.92. The zero-order valence-corrected chi connectivity index (χ0v) is 14.8. The lowest BCUT2D eigenvalue weighted by Gasteiger charge is -2.15. The summed E-state index contributed by atoms with van der Waals surface area (Å²) in [5.41, 5.74) is 2.16. The standard InChI is InChI=1S/C18H21NO4S/c1-13-8-10-15(11-9-13)12-24(21,22)14(2)18(20)19-16-6-4-5-7-17(16)23-3/h4-11,14H,12H2,1-3H3,(H,19,20)/t14-/m1/s1. The predicted octanol–water partition coefficient (Wildman–Crippen LogP) is 2.95. The summed E-state index contributed by atoms with van der Waals surface area (Å²) in [6.45, 7) is 3.33. The third-order valence-electron chi connectivity index (χ3n) is 3.76. The summed E-state index contributed by atoms with van der Waals surface area (Å²) >= 11 is 0. The molecular formula is C18H21NO4S. The van der Waals surface area contributed by atoms with Crippen LogP contribution in [0.3, 0.4) is 0 Å². The average Bonchev–Trinajstić information content (AvgIpc) is 2.56. The van der Waals surface area contributed by atoms with E-state index in [1.165, 1.54) is 14.0 Å². The van der Waals surface area contributed by atoms with Gasteiger partial charge in [-0.3, -0.25) is 4.79 Å². The first-order valence-electron chi connectivity index (χ1n) is 7.54. The number of anilines is 1. The molecule has 2 aromatic rings. The molecule has 0 aliphatic rings. The molecule has 0 unspecified atom stereocenters. The van der Waals surface area contributed by atoms with Crippen LogP contribution in [-0.2, 0) is 20.4 Å². The van der Waals surface area contributed by atoms with E-state index in [1.807, 2.05) is 19.1 Å². The number of rotatable bonds is 6. The molecule has 0 aliphatic heterocycles. The third kappa shape index (κ3) is 4.35. The van der Waals surface area contributed by atoms with Gasteiger partial charge in [0, 0.05) is 0 Å². The molecule has 0 bridgehead atoms. The molecule has 2 rings (SSSR count). The van der Waals surface area contributed by atoms with Crippen LogP contribution >= 0.6 is 0 Å². The molecule has 128 valence electrons. The number of hydrogen-bond donors (Lipinski definition) is 1. The molecule has 0 radical (unpaired) electrons. The van der Waals surface area contributed by atoms with Gasteiger partial charge in [-0.05, 0) is 31.5 Å². The molecule has 1 amide bonds. The second-order valence-electron chi connectivity index (χ2n) is 5.62. The van der Waals surface area contributed by atoms with Gasteiger partial charge in [-0.25, -0.2) is 8.42 Å². The molecule has 1 atom stereocenters. The van der Waals surface area contributed by atoms with Crippen molar-refractivity contribution in [3.8, 4) is 5.75 Å². The van der Waals surface area contributed by atoms with Crippen LogP contribution in [0.1, 0.15) is 18.1 Å². The second-order valence-corrected chi connectivity index (χ2v) is 7.95. The number of aryl methyl sites for hydroxylation is 1. The van der Waals surface area contributed by atoms with Gasteiger partial charge in [-0.1, -0.05) is 42.0 Å². The van der Waals surface area contributed by atoms with Gasteiger partial charge in [0.15, 0.2) is 9.84 Å². The zero-order valence-electron chi connectivity index (χ0n) is 13.9. The molecule has 0 saturated heterocycles. The fraction of sp³-hybridized carbons (Fsp3) is 0.278. The number of hydrogen-bond acceptors (Lipinski definition) is 4. The number of nitrogens with one attached hydrogen (secondary N) is 1. The van der Waals surface area contributed by atoms with Crippen molar-refractivity contribution in [2.24, 2.45) is 0 Å². The van der Waals surface area contributed by atoms with E-state index in [0.29, 0.717) is 17.0 Å². The molecule has 0 fully saturated rings. The minimum absolute atomic E-state index is 0.173. The highest BCUT2D eigenvalue weighted by Gasteiger charge is 2.28. The fourth-order valence-corrected chi connectivity index (χ4v) is 3.48. The van der Waals surface area contributed by atoms with E-state index in [0.717, 1.165) is 5.56 Å². The first-order chi connectivity index (χ1) is 11.3. The molecule has 5 nitrogen and oxygen atoms in total. The summed E-state index contributed by atoms with van der Waals surface area (Å²) in [7, 11) is -2.13. The molecule has 0 aliphatic carbocycles. The molecule has 24 heavy (non-hydrogen) atoms. The highest BCUT2D eigenvalue weighted by Crippen LogP contribution is 2.24. The van der Waals surface area contributed by atoms with Crippen molar-refractivity contribution >= 4 is 21.4 Å². The van der Waals surface area contributed by atoms with Gasteiger partial charge >= 0.3 is 0 Å². The lowest BCUT2D eigenvalue weighted by Crippen LogP contribution is -2.33. The summed E-state index contributed by atoms with van der Waals surface area (Å²) in [4.78, 5) is 12.3. The van der Waals surface area contributed by atoms with Crippen LogP contribution in [0.25, 0.3) is 0 Å². The Morgan fingerprint density at radius 1 is 1.12 bits per heavy atom. The number of sulfone groups is 1. The highest BCUT2D eigenvalue weighted by atomic mass is 32.2. The maximum atomic E-state index is 12.5. The van der Waals surface area contributed by atoms with Crippen molar-refractivity contribution < 1.29 is 17.9 Å². The summed E-state index contributed by atoms with van der Waals surface area (Å²) in [5.74, 6) is -0.269. The van der Waals surface area contributed by atoms with E-state index in [2.05, 4.69) is 5.32 Å². The number of ether oxygens (including phenoxy) is 1. The molecule has 1 N–H and O–H groups in total. The Kier molecular flexibility index (Phi) is 5.62. The van der Waals surface area contributed by atoms with Gasteiger partial charge in [-0.2, -0.15) is 0 Å².